The molecule has 210 valence electrons. The van der Waals surface area contributed by atoms with Crippen LogP contribution in [0.1, 0.15) is 27.7 Å². The monoisotopic (exact) mass is 595 g/mol. The molecule has 1 atom stereocenters. The third kappa shape index (κ3) is 8.57. The number of carbonyl (C=O) groups is 3. The van der Waals surface area contributed by atoms with Crippen LogP contribution in [0.4, 0.5) is 24.5 Å². The average molecular weight is 596 g/mol. The van der Waals surface area contributed by atoms with Crippen molar-refractivity contribution in [1.82, 2.24) is 5.32 Å². The number of carbonyl (C=O) groups excluding carboxylic acids is 3. The first-order valence-electron chi connectivity index (χ1n) is 12.3. The molecule has 0 aliphatic heterocycles. The van der Waals surface area contributed by atoms with Gasteiger partial charge in [0.15, 0.2) is 0 Å². The van der Waals surface area contributed by atoms with Crippen LogP contribution in [0.25, 0.3) is 6.08 Å². The lowest BCUT2D eigenvalue weighted by Crippen LogP contribution is -2.30. The van der Waals surface area contributed by atoms with Crippen molar-refractivity contribution in [2.45, 2.75) is 23.2 Å². The predicted octanol–water partition coefficient (Wildman–Crippen LogP) is 7.30. The largest absolute Gasteiger partial charge is 0.416 e. The number of amides is 3. The minimum Gasteiger partial charge on any atom is -0.325 e. The van der Waals surface area contributed by atoms with E-state index in [4.69, 9.17) is 0 Å². The molecule has 1 heterocycles. The van der Waals surface area contributed by atoms with E-state index in [1.54, 1.807) is 67.6 Å². The Morgan fingerprint density at radius 1 is 0.854 bits per heavy atom. The summed E-state index contributed by atoms with van der Waals surface area (Å²) in [6, 6.07) is 23.4. The summed E-state index contributed by atoms with van der Waals surface area (Å²) < 4.78 is 39.0. The molecule has 0 saturated heterocycles. The third-order valence-electron chi connectivity index (χ3n) is 5.59. The quantitative estimate of drug-likeness (QED) is 0.140. The maximum absolute atomic E-state index is 13.2. The highest BCUT2D eigenvalue weighted by molar-refractivity contribution is 8.00. The molecule has 4 rings (SSSR count). The van der Waals surface area contributed by atoms with E-state index in [1.807, 2.05) is 17.5 Å². The topological polar surface area (TPSA) is 87.3 Å². The molecule has 0 radical (unpaired) electrons. The molecule has 3 N–H and O–H groups in total. The number of thioether (sulfide) groups is 1. The summed E-state index contributed by atoms with van der Waals surface area (Å²) >= 11 is 2.58. The molecule has 0 fully saturated rings. The number of thiophene rings is 1. The minimum atomic E-state index is -4.52. The van der Waals surface area contributed by atoms with Gasteiger partial charge in [-0.25, -0.2) is 0 Å². The van der Waals surface area contributed by atoms with E-state index in [-0.39, 0.29) is 11.4 Å². The van der Waals surface area contributed by atoms with Crippen molar-refractivity contribution >= 4 is 58.3 Å². The lowest BCUT2D eigenvalue weighted by atomic mass is 10.2. The molecule has 0 bridgehead atoms. The van der Waals surface area contributed by atoms with Gasteiger partial charge in [-0.3, -0.25) is 14.4 Å². The molecule has 0 spiro atoms. The van der Waals surface area contributed by atoms with Crippen LogP contribution >= 0.6 is 23.1 Å². The molecule has 0 aliphatic carbocycles. The maximum atomic E-state index is 13.2. The second-order valence-corrected chi connectivity index (χ2v) is 11.1. The third-order valence-corrected chi connectivity index (χ3v) is 7.50. The molecule has 41 heavy (non-hydrogen) atoms. The summed E-state index contributed by atoms with van der Waals surface area (Å²) in [6.07, 6.45) is -2.94. The van der Waals surface area contributed by atoms with Crippen molar-refractivity contribution in [3.8, 4) is 0 Å². The van der Waals surface area contributed by atoms with Crippen LogP contribution in [0.5, 0.6) is 0 Å². The smallest absolute Gasteiger partial charge is 0.325 e. The van der Waals surface area contributed by atoms with E-state index >= 15 is 0 Å². The van der Waals surface area contributed by atoms with E-state index in [2.05, 4.69) is 16.0 Å². The molecule has 0 aliphatic rings. The molecule has 1 unspecified atom stereocenters. The number of nitrogens with one attached hydrogen (secondary N) is 3. The Morgan fingerprint density at radius 2 is 1.56 bits per heavy atom. The first-order valence-corrected chi connectivity index (χ1v) is 14.0. The highest BCUT2D eigenvalue weighted by atomic mass is 32.2. The molecular formula is C30H24F3N3O3S2. The van der Waals surface area contributed by atoms with Crippen molar-refractivity contribution < 1.29 is 27.6 Å². The van der Waals surface area contributed by atoms with Crippen molar-refractivity contribution in [1.29, 1.82) is 0 Å². The molecular weight excluding hydrogens is 571 g/mol. The van der Waals surface area contributed by atoms with Gasteiger partial charge in [-0.05, 0) is 73.0 Å². The Kier molecular flexibility index (Phi) is 9.64. The minimum absolute atomic E-state index is 0.0425. The normalized spacial score (nSPS) is 12.3. The van der Waals surface area contributed by atoms with Gasteiger partial charge in [-0.2, -0.15) is 13.2 Å². The number of rotatable bonds is 9. The van der Waals surface area contributed by atoms with Gasteiger partial charge in [0.05, 0.1) is 10.8 Å². The summed E-state index contributed by atoms with van der Waals surface area (Å²) in [7, 11) is 0. The number of benzene rings is 3. The summed E-state index contributed by atoms with van der Waals surface area (Å²) in [5.74, 6) is -1.46. The van der Waals surface area contributed by atoms with Crippen LogP contribution in [0.2, 0.25) is 0 Å². The zero-order chi connectivity index (χ0) is 29.4. The van der Waals surface area contributed by atoms with E-state index in [9.17, 15) is 27.6 Å². The Labute approximate surface area is 242 Å². The van der Waals surface area contributed by atoms with Crippen molar-refractivity contribution in [3.05, 3.63) is 118 Å². The van der Waals surface area contributed by atoms with E-state index in [0.717, 1.165) is 17.0 Å². The fraction of sp³-hybridized carbons (Fsp3) is 0.100. The van der Waals surface area contributed by atoms with Gasteiger partial charge in [-0.15, -0.1) is 23.1 Å². The van der Waals surface area contributed by atoms with Gasteiger partial charge in [0.25, 0.3) is 11.8 Å². The first-order chi connectivity index (χ1) is 19.6. The van der Waals surface area contributed by atoms with Gasteiger partial charge in [0.1, 0.15) is 5.70 Å². The number of halogens is 3. The summed E-state index contributed by atoms with van der Waals surface area (Å²) in [5, 5.41) is 9.16. The highest BCUT2D eigenvalue weighted by Gasteiger charge is 2.30. The standard InChI is InChI=1S/C30H24F3N3O3S2/c1-19(27(37)34-22-11-5-10-21(16-22)30(31,32)33)41-25-13-6-12-23(17-25)35-29(39)26(18-24-14-7-15-40-24)36-28(38)20-8-3-2-4-9-20/h2-19H,1H3,(H,34,37)(H,35,39)(H,36,38)/b26-18-. The second-order valence-electron chi connectivity index (χ2n) is 8.70. The summed E-state index contributed by atoms with van der Waals surface area (Å²) in [4.78, 5) is 40.0. The summed E-state index contributed by atoms with van der Waals surface area (Å²) in [6.45, 7) is 1.62. The Morgan fingerprint density at radius 3 is 2.24 bits per heavy atom. The Hall–Kier alpha value is -4.35. The zero-order valence-electron chi connectivity index (χ0n) is 21.6. The zero-order valence-corrected chi connectivity index (χ0v) is 23.2. The highest BCUT2D eigenvalue weighted by Crippen LogP contribution is 2.31. The van der Waals surface area contributed by atoms with E-state index < -0.39 is 34.7 Å². The molecule has 1 aromatic heterocycles. The number of anilines is 2. The summed E-state index contributed by atoms with van der Waals surface area (Å²) in [5.41, 5.74) is 0.0605. The van der Waals surface area contributed by atoms with Crippen LogP contribution in [-0.2, 0) is 15.8 Å². The number of hydrogen-bond acceptors (Lipinski definition) is 5. The Balaban J connectivity index is 1.43. The fourth-order valence-corrected chi connectivity index (χ4v) is 5.16. The van der Waals surface area contributed by atoms with Crippen molar-refractivity contribution in [3.63, 3.8) is 0 Å². The SMILES string of the molecule is CC(Sc1cccc(NC(=O)/C(=C/c2cccs2)NC(=O)c2ccccc2)c1)C(=O)Nc1cccc(C(F)(F)F)c1. The predicted molar refractivity (Wildman–Crippen MR) is 157 cm³/mol. The molecule has 6 nitrogen and oxygen atoms in total. The molecule has 0 saturated carbocycles. The second kappa shape index (κ2) is 13.3. The Bertz CT molecular complexity index is 1560. The van der Waals surface area contributed by atoms with Gasteiger partial charge in [0.2, 0.25) is 5.91 Å². The van der Waals surface area contributed by atoms with Gasteiger partial charge in [-0.1, -0.05) is 36.4 Å². The molecule has 3 amide bonds. The molecule has 3 aromatic carbocycles. The van der Waals surface area contributed by atoms with Crippen LogP contribution in [-0.4, -0.2) is 23.0 Å². The van der Waals surface area contributed by atoms with Crippen molar-refractivity contribution in [2.24, 2.45) is 0 Å². The van der Waals surface area contributed by atoms with Crippen LogP contribution < -0.4 is 16.0 Å². The average Bonchev–Trinajstić information content (AvgIpc) is 3.46. The van der Waals surface area contributed by atoms with Crippen LogP contribution in [0.3, 0.4) is 0 Å². The van der Waals surface area contributed by atoms with Gasteiger partial charge >= 0.3 is 6.18 Å². The lowest BCUT2D eigenvalue weighted by Gasteiger charge is -2.15. The van der Waals surface area contributed by atoms with Crippen molar-refractivity contribution in [2.75, 3.05) is 10.6 Å². The lowest BCUT2D eigenvalue weighted by molar-refractivity contribution is -0.137. The molecule has 11 heteroatoms. The number of hydrogen-bond donors (Lipinski definition) is 3. The van der Waals surface area contributed by atoms with E-state index in [1.165, 1.54) is 35.2 Å². The van der Waals surface area contributed by atoms with Crippen LogP contribution in [0, 0.1) is 0 Å². The number of alkyl halides is 3. The first kappa shape index (κ1) is 29.6. The van der Waals surface area contributed by atoms with Gasteiger partial charge < -0.3 is 16.0 Å². The van der Waals surface area contributed by atoms with Gasteiger partial charge in [0, 0.05) is 26.7 Å². The maximum Gasteiger partial charge on any atom is 0.416 e. The van der Waals surface area contributed by atoms with Crippen LogP contribution in [0.15, 0.2) is 107 Å². The fourth-order valence-electron chi connectivity index (χ4n) is 3.58. The van der Waals surface area contributed by atoms with E-state index in [0.29, 0.717) is 16.1 Å². The molecule has 4 aromatic rings.